The summed E-state index contributed by atoms with van der Waals surface area (Å²) in [6.45, 7) is 1.21. The number of aromatic hydroxyl groups is 1. The maximum atomic E-state index is 12.3. The first-order chi connectivity index (χ1) is 10.1. The maximum Gasteiger partial charge on any atom is 0.230 e. The Bertz CT molecular complexity index is 557. The van der Waals surface area contributed by atoms with E-state index in [9.17, 15) is 14.7 Å². The number of amides is 2. The maximum absolute atomic E-state index is 12.3. The van der Waals surface area contributed by atoms with Gasteiger partial charge < -0.3 is 15.3 Å². The van der Waals surface area contributed by atoms with Crippen molar-refractivity contribution in [2.75, 3.05) is 18.4 Å². The fraction of sp³-hybridized carbons (Fsp3) is 0.533. The topological polar surface area (TPSA) is 82.5 Å². The molecule has 0 aromatic carbocycles. The molecule has 1 aromatic rings. The number of aromatic nitrogens is 1. The van der Waals surface area contributed by atoms with E-state index in [0.29, 0.717) is 6.54 Å². The third-order valence-corrected chi connectivity index (χ3v) is 4.06. The van der Waals surface area contributed by atoms with Crippen LogP contribution in [0, 0.1) is 11.8 Å². The van der Waals surface area contributed by atoms with E-state index in [-0.39, 0.29) is 35.2 Å². The fourth-order valence-electron chi connectivity index (χ4n) is 2.69. The van der Waals surface area contributed by atoms with Crippen molar-refractivity contribution < 1.29 is 14.7 Å². The van der Waals surface area contributed by atoms with Crippen molar-refractivity contribution in [3.8, 4) is 5.75 Å². The SMILES string of the molecule is O=C(Nc1ncccc1O)[C@H]1CCCN(C(=O)C2CC2)C1. The first-order valence-electron chi connectivity index (χ1n) is 7.39. The number of likely N-dealkylation sites (tertiary alicyclic amines) is 1. The summed E-state index contributed by atoms with van der Waals surface area (Å²) in [6.07, 6.45) is 5.07. The van der Waals surface area contributed by atoms with Crippen LogP contribution in [0.1, 0.15) is 25.7 Å². The van der Waals surface area contributed by atoms with Crippen molar-refractivity contribution in [2.24, 2.45) is 11.8 Å². The zero-order valence-corrected chi connectivity index (χ0v) is 11.8. The van der Waals surface area contributed by atoms with E-state index in [1.807, 2.05) is 4.90 Å². The average Bonchev–Trinajstić information content (AvgIpc) is 3.34. The largest absolute Gasteiger partial charge is 0.504 e. The van der Waals surface area contributed by atoms with Gasteiger partial charge >= 0.3 is 0 Å². The first-order valence-corrected chi connectivity index (χ1v) is 7.39. The summed E-state index contributed by atoms with van der Waals surface area (Å²) in [4.78, 5) is 30.1. The van der Waals surface area contributed by atoms with Gasteiger partial charge in [-0.05, 0) is 37.8 Å². The van der Waals surface area contributed by atoms with Crippen molar-refractivity contribution in [3.05, 3.63) is 18.3 Å². The van der Waals surface area contributed by atoms with Crippen LogP contribution in [0.25, 0.3) is 0 Å². The quantitative estimate of drug-likeness (QED) is 0.880. The molecule has 1 aliphatic heterocycles. The molecule has 3 rings (SSSR count). The lowest BCUT2D eigenvalue weighted by Gasteiger charge is -2.32. The predicted octanol–water partition coefficient (Wildman–Crippen LogP) is 1.37. The van der Waals surface area contributed by atoms with E-state index in [1.165, 1.54) is 12.3 Å². The van der Waals surface area contributed by atoms with E-state index in [0.717, 1.165) is 32.2 Å². The second-order valence-electron chi connectivity index (χ2n) is 5.76. The Morgan fingerprint density at radius 2 is 2.10 bits per heavy atom. The molecule has 2 fully saturated rings. The van der Waals surface area contributed by atoms with Gasteiger partial charge in [0.25, 0.3) is 0 Å². The molecule has 0 spiro atoms. The molecule has 2 N–H and O–H groups in total. The lowest BCUT2D eigenvalue weighted by Crippen LogP contribution is -2.44. The predicted molar refractivity (Wildman–Crippen MR) is 76.6 cm³/mol. The molecule has 112 valence electrons. The van der Waals surface area contributed by atoms with Crippen molar-refractivity contribution in [3.63, 3.8) is 0 Å². The molecular weight excluding hydrogens is 270 g/mol. The van der Waals surface area contributed by atoms with E-state index in [2.05, 4.69) is 10.3 Å². The zero-order valence-electron chi connectivity index (χ0n) is 11.8. The Kier molecular flexibility index (Phi) is 3.77. The highest BCUT2D eigenvalue weighted by Crippen LogP contribution is 2.32. The van der Waals surface area contributed by atoms with Gasteiger partial charge in [0, 0.05) is 25.2 Å². The molecule has 21 heavy (non-hydrogen) atoms. The van der Waals surface area contributed by atoms with Gasteiger partial charge in [-0.15, -0.1) is 0 Å². The summed E-state index contributed by atoms with van der Waals surface area (Å²) in [6, 6.07) is 3.08. The first kappa shape index (κ1) is 13.9. The Balaban J connectivity index is 1.61. The summed E-state index contributed by atoms with van der Waals surface area (Å²) in [5.74, 6) is 0.0840. The normalized spacial score (nSPS) is 21.9. The van der Waals surface area contributed by atoms with Gasteiger partial charge in [-0.3, -0.25) is 9.59 Å². The van der Waals surface area contributed by atoms with Gasteiger partial charge in [0.05, 0.1) is 5.92 Å². The molecule has 0 bridgehead atoms. The molecular formula is C15H19N3O3. The fourth-order valence-corrected chi connectivity index (χ4v) is 2.69. The van der Waals surface area contributed by atoms with Gasteiger partial charge in [0.1, 0.15) is 0 Å². The summed E-state index contributed by atoms with van der Waals surface area (Å²) in [5.41, 5.74) is 0. The standard InChI is InChI=1S/C15H19N3O3/c19-12-4-1-7-16-13(12)17-14(20)11-3-2-8-18(9-11)15(21)10-5-6-10/h1,4,7,10-11,19H,2-3,5-6,8-9H2,(H,16,17,20)/t11-/m0/s1. The molecule has 0 radical (unpaired) electrons. The molecule has 1 saturated heterocycles. The van der Waals surface area contributed by atoms with Crippen molar-refractivity contribution in [1.82, 2.24) is 9.88 Å². The van der Waals surface area contributed by atoms with E-state index in [1.54, 1.807) is 6.07 Å². The number of pyridine rings is 1. The van der Waals surface area contributed by atoms with Crippen LogP contribution in [-0.2, 0) is 9.59 Å². The lowest BCUT2D eigenvalue weighted by molar-refractivity contribution is -0.135. The molecule has 2 heterocycles. The van der Waals surface area contributed by atoms with E-state index >= 15 is 0 Å². The van der Waals surface area contributed by atoms with Crippen LogP contribution in [0.2, 0.25) is 0 Å². The number of anilines is 1. The van der Waals surface area contributed by atoms with Crippen LogP contribution in [0.3, 0.4) is 0 Å². The third kappa shape index (κ3) is 3.15. The molecule has 0 unspecified atom stereocenters. The van der Waals surface area contributed by atoms with Crippen LogP contribution in [0.15, 0.2) is 18.3 Å². The number of rotatable bonds is 3. The smallest absolute Gasteiger partial charge is 0.230 e. The number of carbonyl (C=O) groups is 2. The highest BCUT2D eigenvalue weighted by atomic mass is 16.3. The van der Waals surface area contributed by atoms with Gasteiger partial charge in [0.2, 0.25) is 11.8 Å². The Morgan fingerprint density at radius 1 is 1.29 bits per heavy atom. The summed E-state index contributed by atoms with van der Waals surface area (Å²) in [7, 11) is 0. The van der Waals surface area contributed by atoms with Crippen LogP contribution >= 0.6 is 0 Å². The van der Waals surface area contributed by atoms with Crippen LogP contribution in [0.4, 0.5) is 5.82 Å². The Morgan fingerprint density at radius 3 is 2.81 bits per heavy atom. The molecule has 6 heteroatoms. The monoisotopic (exact) mass is 289 g/mol. The number of hydrogen-bond acceptors (Lipinski definition) is 4. The zero-order chi connectivity index (χ0) is 14.8. The Hall–Kier alpha value is -2.11. The minimum absolute atomic E-state index is 0.0485. The second-order valence-corrected chi connectivity index (χ2v) is 5.76. The Labute approximate surface area is 123 Å². The highest BCUT2D eigenvalue weighted by Gasteiger charge is 2.36. The van der Waals surface area contributed by atoms with Crippen molar-refractivity contribution >= 4 is 17.6 Å². The number of hydrogen-bond donors (Lipinski definition) is 2. The molecule has 2 aliphatic rings. The molecule has 1 saturated carbocycles. The summed E-state index contributed by atoms with van der Waals surface area (Å²) in [5, 5.41) is 12.3. The minimum atomic E-state index is -0.233. The van der Waals surface area contributed by atoms with Crippen molar-refractivity contribution in [1.29, 1.82) is 0 Å². The number of nitrogens with zero attached hydrogens (tertiary/aromatic N) is 2. The molecule has 2 amide bonds. The number of carbonyl (C=O) groups excluding carboxylic acids is 2. The van der Waals surface area contributed by atoms with E-state index in [4.69, 9.17) is 0 Å². The summed E-state index contributed by atoms with van der Waals surface area (Å²) < 4.78 is 0. The van der Waals surface area contributed by atoms with Crippen LogP contribution in [0.5, 0.6) is 5.75 Å². The minimum Gasteiger partial charge on any atom is -0.504 e. The van der Waals surface area contributed by atoms with Gasteiger partial charge in [-0.1, -0.05) is 0 Å². The van der Waals surface area contributed by atoms with E-state index < -0.39 is 0 Å². The van der Waals surface area contributed by atoms with Crippen LogP contribution in [-0.4, -0.2) is 39.9 Å². The van der Waals surface area contributed by atoms with Gasteiger partial charge in [-0.2, -0.15) is 0 Å². The lowest BCUT2D eigenvalue weighted by atomic mass is 9.96. The molecule has 1 aliphatic carbocycles. The number of piperidine rings is 1. The average molecular weight is 289 g/mol. The van der Waals surface area contributed by atoms with Crippen LogP contribution < -0.4 is 5.32 Å². The summed E-state index contributed by atoms with van der Waals surface area (Å²) >= 11 is 0. The van der Waals surface area contributed by atoms with Crippen molar-refractivity contribution in [2.45, 2.75) is 25.7 Å². The van der Waals surface area contributed by atoms with Gasteiger partial charge in [0.15, 0.2) is 11.6 Å². The molecule has 1 aromatic heterocycles. The highest BCUT2D eigenvalue weighted by molar-refractivity contribution is 5.93. The molecule has 6 nitrogen and oxygen atoms in total. The molecule has 1 atom stereocenters. The number of nitrogens with one attached hydrogen (secondary N) is 1. The van der Waals surface area contributed by atoms with Gasteiger partial charge in [-0.25, -0.2) is 4.98 Å². The second kappa shape index (κ2) is 5.71. The third-order valence-electron chi connectivity index (χ3n) is 4.06.